The van der Waals surface area contributed by atoms with Crippen LogP contribution in [0, 0.1) is 11.3 Å². The van der Waals surface area contributed by atoms with Crippen molar-refractivity contribution in [2.45, 2.75) is 85.7 Å². The molecule has 0 aliphatic heterocycles. The number of benzene rings is 1. The zero-order chi connectivity index (χ0) is 25.2. The second-order valence-electron chi connectivity index (χ2n) is 10.6. The molecule has 0 aliphatic rings. The Morgan fingerprint density at radius 3 is 2.18 bits per heavy atom. The number of aliphatic hydroxyl groups is 1. The lowest BCUT2D eigenvalue weighted by molar-refractivity contribution is -0.153. The molecule has 1 aromatic rings. The van der Waals surface area contributed by atoms with Gasteiger partial charge >= 0.3 is 11.9 Å². The molecule has 3 N–H and O–H groups in total. The van der Waals surface area contributed by atoms with Gasteiger partial charge in [0.25, 0.3) is 0 Å². The molecule has 0 fully saturated rings. The molecule has 0 aromatic heterocycles. The predicted octanol–water partition coefficient (Wildman–Crippen LogP) is 5.21. The Hall–Kier alpha value is -2.15. The molecule has 34 heavy (non-hydrogen) atoms. The summed E-state index contributed by atoms with van der Waals surface area (Å²) in [5.74, 6) is -1.02. The number of rotatable bonds is 10. The molecule has 0 heterocycles. The molecule has 192 valence electrons. The second kappa shape index (κ2) is 14.3. The van der Waals surface area contributed by atoms with E-state index in [1.165, 1.54) is 6.08 Å². The number of nitrogens with two attached hydrogens (primary N) is 1. The molecule has 3 unspecified atom stereocenters. The van der Waals surface area contributed by atoms with E-state index < -0.39 is 29.7 Å². The van der Waals surface area contributed by atoms with Crippen molar-refractivity contribution in [2.24, 2.45) is 17.1 Å². The minimum atomic E-state index is -0.718. The SMILES string of the molecule is CC(/C=C/c1ccc(CO)cc1)C(C/C=C/C(=O)OC(C)(C)C)OC(=O)C(N)CC(C)(C)C.Cl. The van der Waals surface area contributed by atoms with Crippen molar-refractivity contribution in [3.05, 3.63) is 53.6 Å². The van der Waals surface area contributed by atoms with Gasteiger partial charge in [0, 0.05) is 18.4 Å². The van der Waals surface area contributed by atoms with E-state index >= 15 is 0 Å². The van der Waals surface area contributed by atoms with E-state index in [4.69, 9.17) is 15.2 Å². The molecule has 0 aliphatic carbocycles. The maximum Gasteiger partial charge on any atom is 0.330 e. The molecule has 7 heteroatoms. The lowest BCUT2D eigenvalue weighted by atomic mass is 9.88. The van der Waals surface area contributed by atoms with Crippen LogP contribution in [0.5, 0.6) is 0 Å². The van der Waals surface area contributed by atoms with Crippen LogP contribution in [-0.4, -0.2) is 34.8 Å². The fraction of sp³-hybridized carbons (Fsp3) is 0.556. The highest BCUT2D eigenvalue weighted by atomic mass is 35.5. The van der Waals surface area contributed by atoms with Crippen molar-refractivity contribution < 1.29 is 24.2 Å². The normalized spacial score (nSPS) is 15.0. The van der Waals surface area contributed by atoms with Crippen LogP contribution in [0.2, 0.25) is 0 Å². The summed E-state index contributed by atoms with van der Waals surface area (Å²) in [6.07, 6.45) is 7.31. The maximum atomic E-state index is 12.7. The lowest BCUT2D eigenvalue weighted by Gasteiger charge is -2.26. The molecule has 6 nitrogen and oxygen atoms in total. The van der Waals surface area contributed by atoms with Crippen LogP contribution in [0.1, 0.15) is 72.4 Å². The average molecular weight is 496 g/mol. The second-order valence-corrected chi connectivity index (χ2v) is 10.6. The lowest BCUT2D eigenvalue weighted by Crippen LogP contribution is -2.39. The molecule has 0 bridgehead atoms. The minimum absolute atomic E-state index is 0. The van der Waals surface area contributed by atoms with Crippen molar-refractivity contribution in [2.75, 3.05) is 0 Å². The third kappa shape index (κ3) is 13.5. The van der Waals surface area contributed by atoms with E-state index in [0.29, 0.717) is 12.8 Å². The first-order valence-electron chi connectivity index (χ1n) is 11.4. The smallest absolute Gasteiger partial charge is 0.330 e. The summed E-state index contributed by atoms with van der Waals surface area (Å²) in [5, 5.41) is 9.19. The summed E-state index contributed by atoms with van der Waals surface area (Å²) < 4.78 is 11.1. The van der Waals surface area contributed by atoms with Crippen LogP contribution in [-0.2, 0) is 25.7 Å². The number of hydrogen-bond donors (Lipinski definition) is 2. The number of esters is 2. The van der Waals surface area contributed by atoms with Gasteiger partial charge in [-0.1, -0.05) is 70.2 Å². The van der Waals surface area contributed by atoms with Crippen molar-refractivity contribution in [3.63, 3.8) is 0 Å². The maximum absolute atomic E-state index is 12.7. The standard InChI is InChI=1S/C27H41NO5.ClH/c1-19(11-12-20-13-15-21(18-29)16-14-20)23(9-8-10-24(30)33-27(5,6)7)32-25(31)22(28)17-26(2,3)4;/h8,10-16,19,22-23,29H,9,17-18,28H2,1-7H3;1H/b10-8+,12-11+;. The summed E-state index contributed by atoms with van der Waals surface area (Å²) in [6.45, 7) is 13.4. The highest BCUT2D eigenvalue weighted by molar-refractivity contribution is 5.85. The summed E-state index contributed by atoms with van der Waals surface area (Å²) in [5.41, 5.74) is 7.22. The molecular formula is C27H42ClNO5. The van der Waals surface area contributed by atoms with Gasteiger partial charge in [0.05, 0.1) is 6.61 Å². The van der Waals surface area contributed by atoms with Gasteiger partial charge in [-0.15, -0.1) is 12.4 Å². The Morgan fingerprint density at radius 2 is 1.68 bits per heavy atom. The largest absolute Gasteiger partial charge is 0.460 e. The van der Waals surface area contributed by atoms with E-state index in [1.54, 1.807) is 26.8 Å². The van der Waals surface area contributed by atoms with E-state index in [9.17, 15) is 14.7 Å². The van der Waals surface area contributed by atoms with Crippen molar-refractivity contribution in [1.29, 1.82) is 0 Å². The van der Waals surface area contributed by atoms with Gasteiger partial charge < -0.3 is 20.3 Å². The summed E-state index contributed by atoms with van der Waals surface area (Å²) in [4.78, 5) is 24.6. The summed E-state index contributed by atoms with van der Waals surface area (Å²) in [7, 11) is 0. The van der Waals surface area contributed by atoms with Gasteiger partial charge in [-0.3, -0.25) is 4.79 Å². The third-order valence-corrected chi connectivity index (χ3v) is 4.77. The Morgan fingerprint density at radius 1 is 1.09 bits per heavy atom. The van der Waals surface area contributed by atoms with Gasteiger partial charge in [-0.25, -0.2) is 4.79 Å². The number of hydrogen-bond acceptors (Lipinski definition) is 6. The molecule has 0 spiro atoms. The third-order valence-electron chi connectivity index (χ3n) is 4.77. The van der Waals surface area contributed by atoms with Gasteiger partial charge in [-0.2, -0.15) is 0 Å². The number of carbonyl (C=O) groups excluding carboxylic acids is 2. The van der Waals surface area contributed by atoms with Crippen LogP contribution in [0.25, 0.3) is 6.08 Å². The fourth-order valence-electron chi connectivity index (χ4n) is 3.10. The van der Waals surface area contributed by atoms with E-state index in [2.05, 4.69) is 0 Å². The van der Waals surface area contributed by atoms with Gasteiger partial charge in [0.2, 0.25) is 0 Å². The topological polar surface area (TPSA) is 98.9 Å². The average Bonchev–Trinajstić information content (AvgIpc) is 2.68. The Labute approximate surface area is 211 Å². The first-order chi connectivity index (χ1) is 15.2. The first kappa shape index (κ1) is 31.9. The van der Waals surface area contributed by atoms with Gasteiger partial charge in [-0.05, 0) is 43.7 Å². The monoisotopic (exact) mass is 495 g/mol. The number of carbonyl (C=O) groups is 2. The fourth-order valence-corrected chi connectivity index (χ4v) is 3.10. The van der Waals surface area contributed by atoms with Gasteiger partial charge in [0.1, 0.15) is 17.7 Å². The first-order valence-corrected chi connectivity index (χ1v) is 11.4. The van der Waals surface area contributed by atoms with E-state index in [1.807, 2.05) is 64.1 Å². The van der Waals surface area contributed by atoms with Crippen LogP contribution in [0.15, 0.2) is 42.5 Å². The zero-order valence-corrected chi connectivity index (χ0v) is 22.4. The van der Waals surface area contributed by atoms with E-state index in [-0.39, 0.29) is 30.3 Å². The van der Waals surface area contributed by atoms with Crippen LogP contribution >= 0.6 is 12.4 Å². The molecule has 0 saturated heterocycles. The van der Waals surface area contributed by atoms with Crippen molar-refractivity contribution in [3.8, 4) is 0 Å². The van der Waals surface area contributed by atoms with Crippen molar-refractivity contribution >= 4 is 30.4 Å². The number of aliphatic hydroxyl groups excluding tert-OH is 1. The molecule has 0 amide bonds. The Bertz CT molecular complexity index is 819. The van der Waals surface area contributed by atoms with Crippen molar-refractivity contribution in [1.82, 2.24) is 0 Å². The molecule has 1 rings (SSSR count). The minimum Gasteiger partial charge on any atom is -0.460 e. The molecule has 1 aromatic carbocycles. The predicted molar refractivity (Wildman–Crippen MR) is 139 cm³/mol. The highest BCUT2D eigenvalue weighted by Crippen LogP contribution is 2.22. The summed E-state index contributed by atoms with van der Waals surface area (Å²) >= 11 is 0. The highest BCUT2D eigenvalue weighted by Gasteiger charge is 2.26. The number of ether oxygens (including phenoxy) is 2. The van der Waals surface area contributed by atoms with Crippen LogP contribution in [0.3, 0.4) is 0 Å². The van der Waals surface area contributed by atoms with Gasteiger partial charge in [0.15, 0.2) is 0 Å². The molecule has 0 radical (unpaired) electrons. The Kier molecular flexibility index (Phi) is 13.4. The molecule has 3 atom stereocenters. The number of halogens is 1. The Balaban J connectivity index is 0.0000109. The summed E-state index contributed by atoms with van der Waals surface area (Å²) in [6, 6.07) is 6.83. The van der Waals surface area contributed by atoms with E-state index in [0.717, 1.165) is 11.1 Å². The zero-order valence-electron chi connectivity index (χ0n) is 21.5. The molecule has 0 saturated carbocycles. The molecular weight excluding hydrogens is 454 g/mol. The quantitative estimate of drug-likeness (QED) is 0.341. The van der Waals surface area contributed by atoms with Crippen LogP contribution in [0.4, 0.5) is 0 Å². The van der Waals surface area contributed by atoms with Crippen LogP contribution < -0.4 is 5.73 Å².